The van der Waals surface area contributed by atoms with Crippen LogP contribution in [0.3, 0.4) is 0 Å². The van der Waals surface area contributed by atoms with Gasteiger partial charge in [-0.1, -0.05) is 30.3 Å². The molecule has 0 amide bonds. The first-order valence-electron chi connectivity index (χ1n) is 15.2. The molecule has 0 radical (unpaired) electrons. The Morgan fingerprint density at radius 1 is 1.02 bits per heavy atom. The van der Waals surface area contributed by atoms with E-state index in [-0.39, 0.29) is 18.1 Å². The van der Waals surface area contributed by atoms with Crippen molar-refractivity contribution < 1.29 is 14.3 Å². The number of likely N-dealkylation sites (N-methyl/N-ethyl adjacent to an activating group) is 1. The van der Waals surface area contributed by atoms with Crippen LogP contribution in [0.5, 0.6) is 17.2 Å². The van der Waals surface area contributed by atoms with Crippen LogP contribution in [-0.2, 0) is 0 Å². The molecule has 45 heavy (non-hydrogen) atoms. The number of ether oxygens (including phenoxy) is 2. The molecule has 3 aromatic carbocycles. The molecule has 0 spiro atoms. The number of aromatic nitrogens is 3. The highest BCUT2D eigenvalue weighted by atomic mass is 16.5. The Bertz CT molecular complexity index is 1930. The number of hydrogen-bond donors (Lipinski definition) is 2. The molecular formula is C35H34N6O4. The van der Waals surface area contributed by atoms with Crippen LogP contribution in [0.25, 0.3) is 11.0 Å². The molecule has 0 aliphatic carbocycles. The van der Waals surface area contributed by atoms with Gasteiger partial charge in [0.15, 0.2) is 11.5 Å². The van der Waals surface area contributed by atoms with Gasteiger partial charge in [-0.15, -0.1) is 0 Å². The molecule has 2 aliphatic rings. The third kappa shape index (κ3) is 5.60. The third-order valence-electron chi connectivity index (χ3n) is 8.57. The van der Waals surface area contributed by atoms with E-state index in [1.54, 1.807) is 36.5 Å². The largest absolute Gasteiger partial charge is 0.490 e. The number of hydrogen-bond acceptors (Lipinski definition) is 9. The van der Waals surface area contributed by atoms with Gasteiger partial charge in [0.1, 0.15) is 29.8 Å². The van der Waals surface area contributed by atoms with Gasteiger partial charge < -0.3 is 25.0 Å². The van der Waals surface area contributed by atoms with E-state index in [2.05, 4.69) is 39.7 Å². The zero-order chi connectivity index (χ0) is 30.9. The second-order valence-electron chi connectivity index (χ2n) is 11.5. The molecule has 10 heteroatoms. The molecular weight excluding hydrogens is 568 g/mol. The minimum atomic E-state index is -0.942. The van der Waals surface area contributed by atoms with Gasteiger partial charge in [-0.05, 0) is 80.4 Å². The second-order valence-corrected chi connectivity index (χ2v) is 11.5. The summed E-state index contributed by atoms with van der Waals surface area (Å²) in [5, 5.41) is 7.28. The molecule has 0 saturated carbocycles. The average molecular weight is 603 g/mol. The number of carbonyl (C=O) groups is 1. The van der Waals surface area contributed by atoms with Crippen LogP contribution in [0.2, 0.25) is 0 Å². The van der Waals surface area contributed by atoms with Crippen molar-refractivity contribution in [1.29, 1.82) is 0 Å². The van der Waals surface area contributed by atoms with Crippen LogP contribution < -0.4 is 30.6 Å². The van der Waals surface area contributed by atoms with E-state index in [0.29, 0.717) is 40.1 Å². The molecule has 2 N–H and O–H groups in total. The summed E-state index contributed by atoms with van der Waals surface area (Å²) in [6, 6.07) is 23.7. The molecule has 2 aromatic heterocycles. The minimum absolute atomic E-state index is 0.0169. The summed E-state index contributed by atoms with van der Waals surface area (Å²) in [5.74, 6) is 1.18. The van der Waals surface area contributed by atoms with Crippen molar-refractivity contribution in [1.82, 2.24) is 19.9 Å². The zero-order valence-electron chi connectivity index (χ0n) is 25.2. The van der Waals surface area contributed by atoms with Gasteiger partial charge in [-0.25, -0.2) is 4.98 Å². The first-order valence-corrected chi connectivity index (χ1v) is 15.2. The maximum absolute atomic E-state index is 14.1. The fourth-order valence-corrected chi connectivity index (χ4v) is 6.00. The highest BCUT2D eigenvalue weighted by Gasteiger charge is 2.33. The summed E-state index contributed by atoms with van der Waals surface area (Å²) in [4.78, 5) is 39.5. The molecule has 0 bridgehead atoms. The lowest BCUT2D eigenvalue weighted by Gasteiger charge is -2.33. The smallest absolute Gasteiger partial charge is 0.296 e. The van der Waals surface area contributed by atoms with Crippen molar-refractivity contribution in [2.24, 2.45) is 0 Å². The molecule has 10 nitrogen and oxygen atoms in total. The predicted octanol–water partition coefficient (Wildman–Crippen LogP) is 5.64. The number of pyridine rings is 1. The van der Waals surface area contributed by atoms with Gasteiger partial charge in [-0.2, -0.15) is 4.98 Å². The quantitative estimate of drug-likeness (QED) is 0.245. The van der Waals surface area contributed by atoms with Crippen molar-refractivity contribution in [3.05, 3.63) is 107 Å². The van der Waals surface area contributed by atoms with Gasteiger partial charge >= 0.3 is 0 Å². The average Bonchev–Trinajstić information content (AvgIpc) is 3.07. The number of anilines is 3. The fourth-order valence-electron chi connectivity index (χ4n) is 6.00. The number of fused-ring (bicyclic) bond motifs is 2. The van der Waals surface area contributed by atoms with E-state index in [1.165, 1.54) is 11.0 Å². The second kappa shape index (κ2) is 12.0. The van der Waals surface area contributed by atoms with Gasteiger partial charge in [-0.3, -0.25) is 14.2 Å². The lowest BCUT2D eigenvalue weighted by atomic mass is 10.0. The lowest BCUT2D eigenvalue weighted by molar-refractivity contribution is 0.0840. The highest BCUT2D eigenvalue weighted by Crippen LogP contribution is 2.32. The van der Waals surface area contributed by atoms with Crippen LogP contribution in [0.4, 0.5) is 17.3 Å². The van der Waals surface area contributed by atoms with Crippen LogP contribution >= 0.6 is 0 Å². The summed E-state index contributed by atoms with van der Waals surface area (Å²) in [5.41, 5.74) is 3.03. The maximum atomic E-state index is 14.1. The minimum Gasteiger partial charge on any atom is -0.490 e. The van der Waals surface area contributed by atoms with Crippen molar-refractivity contribution in [3.63, 3.8) is 0 Å². The molecule has 1 saturated heterocycles. The Hall–Kier alpha value is -5.22. The maximum Gasteiger partial charge on any atom is 0.296 e. The molecule has 5 aromatic rings. The van der Waals surface area contributed by atoms with E-state index >= 15 is 0 Å². The van der Waals surface area contributed by atoms with Gasteiger partial charge in [0.05, 0.1) is 5.56 Å². The first-order chi connectivity index (χ1) is 22.0. The van der Waals surface area contributed by atoms with E-state index in [9.17, 15) is 9.59 Å². The number of para-hydroxylation sites is 2. The SMILES string of the molecule is Cc1ccccc1Oc1cc2cnc(Nc3ccc(N(C)C4CCCNC4)cc3)nc2n(C2COc3ccccc3C2=O)c1=O. The highest BCUT2D eigenvalue weighted by molar-refractivity contribution is 6.03. The summed E-state index contributed by atoms with van der Waals surface area (Å²) in [6.07, 6.45) is 3.96. The zero-order valence-corrected chi connectivity index (χ0v) is 25.2. The van der Waals surface area contributed by atoms with Crippen LogP contribution in [0.1, 0.15) is 34.8 Å². The summed E-state index contributed by atoms with van der Waals surface area (Å²) < 4.78 is 13.5. The fraction of sp³-hybridized carbons (Fsp3) is 0.257. The number of carbonyl (C=O) groups excluding carboxylic acids is 1. The number of ketones is 1. The molecule has 228 valence electrons. The number of benzene rings is 3. The van der Waals surface area contributed by atoms with E-state index in [1.807, 2.05) is 43.3 Å². The van der Waals surface area contributed by atoms with Gasteiger partial charge in [0, 0.05) is 42.6 Å². The third-order valence-corrected chi connectivity index (χ3v) is 8.57. The molecule has 2 aliphatic heterocycles. The Kier molecular flexibility index (Phi) is 7.64. The Morgan fingerprint density at radius 2 is 1.82 bits per heavy atom. The molecule has 4 heterocycles. The van der Waals surface area contributed by atoms with Crippen LogP contribution in [-0.4, -0.2) is 53.1 Å². The standard InChI is InChI=1S/C35H34N6O4/c1-22-8-3-5-11-29(22)45-31-18-23-19-37-35(38-24-13-15-25(16-14-24)40(2)26-9-7-17-36-20-26)39-33(23)41(34(31)43)28-21-44-30-12-6-4-10-27(30)32(28)42/h3-6,8,10-16,18-19,26,28,36H,7,9,17,20-21H2,1-2H3,(H,37,38,39). The van der Waals surface area contributed by atoms with E-state index in [0.717, 1.165) is 36.4 Å². The van der Waals surface area contributed by atoms with E-state index < -0.39 is 11.6 Å². The van der Waals surface area contributed by atoms with Crippen molar-refractivity contribution >= 4 is 34.1 Å². The number of aryl methyl sites for hydroxylation is 1. The number of rotatable bonds is 7. The van der Waals surface area contributed by atoms with E-state index in [4.69, 9.17) is 14.5 Å². The topological polar surface area (TPSA) is 111 Å². The summed E-state index contributed by atoms with van der Waals surface area (Å²) >= 11 is 0. The molecule has 2 atom stereocenters. The summed E-state index contributed by atoms with van der Waals surface area (Å²) in [7, 11) is 2.12. The van der Waals surface area contributed by atoms with Crippen molar-refractivity contribution in [3.8, 4) is 17.2 Å². The number of nitrogens with zero attached hydrogens (tertiary/aromatic N) is 4. The Balaban J connectivity index is 1.25. The van der Waals surface area contributed by atoms with Gasteiger partial charge in [0.25, 0.3) is 5.56 Å². The van der Waals surface area contributed by atoms with Crippen LogP contribution in [0.15, 0.2) is 89.9 Å². The lowest BCUT2D eigenvalue weighted by Crippen LogP contribution is -2.44. The Morgan fingerprint density at radius 3 is 2.62 bits per heavy atom. The number of Topliss-reactive ketones (excluding diaryl/α,β-unsaturated/α-hetero) is 1. The van der Waals surface area contributed by atoms with Crippen LogP contribution in [0, 0.1) is 6.92 Å². The monoisotopic (exact) mass is 602 g/mol. The van der Waals surface area contributed by atoms with Crippen molar-refractivity contribution in [2.45, 2.75) is 31.8 Å². The molecule has 2 unspecified atom stereocenters. The predicted molar refractivity (Wildman–Crippen MR) is 174 cm³/mol. The number of nitrogens with one attached hydrogen (secondary N) is 2. The summed E-state index contributed by atoms with van der Waals surface area (Å²) in [6.45, 7) is 3.93. The normalized spacial score (nSPS) is 17.8. The first kappa shape index (κ1) is 28.5. The van der Waals surface area contributed by atoms with Crippen molar-refractivity contribution in [2.75, 3.05) is 37.0 Å². The Labute approximate surface area is 260 Å². The van der Waals surface area contributed by atoms with Gasteiger partial charge in [0.2, 0.25) is 5.95 Å². The number of piperidine rings is 1. The molecule has 1 fully saturated rings. The molecule has 7 rings (SSSR count).